The van der Waals surface area contributed by atoms with Crippen molar-refractivity contribution < 1.29 is 22.4 Å². The molecule has 0 radical (unpaired) electrons. The van der Waals surface area contributed by atoms with Crippen LogP contribution in [0.25, 0.3) is 10.9 Å². The Bertz CT molecular complexity index is 835. The molecule has 27 heavy (non-hydrogen) atoms. The number of likely N-dealkylation sites (tertiary alicyclic amines) is 1. The maximum Gasteiger partial charge on any atom is 0.406 e. The second-order valence-corrected chi connectivity index (χ2v) is 6.76. The number of piperidine rings is 1. The van der Waals surface area contributed by atoms with E-state index in [1.54, 1.807) is 12.1 Å². The van der Waals surface area contributed by atoms with Crippen molar-refractivity contribution in [2.24, 2.45) is 5.84 Å². The van der Waals surface area contributed by atoms with Crippen LogP contribution in [0.3, 0.4) is 0 Å². The minimum absolute atomic E-state index is 0.209. The Morgan fingerprint density at radius 1 is 1.37 bits per heavy atom. The van der Waals surface area contributed by atoms with Gasteiger partial charge in [0.05, 0.1) is 11.6 Å². The zero-order chi connectivity index (χ0) is 19.8. The summed E-state index contributed by atoms with van der Waals surface area (Å²) in [7, 11) is 1.83. The third-order valence-electron chi connectivity index (χ3n) is 4.73. The number of aromatic nitrogens is 1. The minimum atomic E-state index is -4.52. The SMILES string of the molecule is CN1CCC(Nc2cccc3c2cc(C(=O)NN)n3CC(F)(F)F)C(F)C1. The van der Waals surface area contributed by atoms with Crippen molar-refractivity contribution in [3.63, 3.8) is 0 Å². The van der Waals surface area contributed by atoms with E-state index in [0.717, 1.165) is 4.57 Å². The first kappa shape index (κ1) is 19.4. The molecule has 6 nitrogen and oxygen atoms in total. The van der Waals surface area contributed by atoms with Crippen molar-refractivity contribution in [3.8, 4) is 0 Å². The van der Waals surface area contributed by atoms with Gasteiger partial charge in [-0.05, 0) is 31.7 Å². The predicted octanol–water partition coefficient (Wildman–Crippen LogP) is 2.26. The Balaban J connectivity index is 2.01. The molecule has 1 fully saturated rings. The highest BCUT2D eigenvalue weighted by Gasteiger charge is 2.32. The highest BCUT2D eigenvalue weighted by molar-refractivity contribution is 6.02. The second kappa shape index (κ2) is 7.35. The smallest absolute Gasteiger partial charge is 0.379 e. The van der Waals surface area contributed by atoms with Crippen LogP contribution in [0.1, 0.15) is 16.9 Å². The van der Waals surface area contributed by atoms with Crippen molar-refractivity contribution in [1.82, 2.24) is 14.9 Å². The van der Waals surface area contributed by atoms with Crippen molar-refractivity contribution >= 4 is 22.5 Å². The fourth-order valence-electron chi connectivity index (χ4n) is 3.44. The number of alkyl halides is 4. The molecule has 1 aromatic heterocycles. The van der Waals surface area contributed by atoms with E-state index in [9.17, 15) is 22.4 Å². The van der Waals surface area contributed by atoms with Crippen LogP contribution in [0.15, 0.2) is 24.3 Å². The van der Waals surface area contributed by atoms with Gasteiger partial charge in [0.1, 0.15) is 18.4 Å². The number of nitrogen functional groups attached to an aromatic ring is 1. The van der Waals surface area contributed by atoms with Crippen LogP contribution in [-0.2, 0) is 6.54 Å². The third-order valence-corrected chi connectivity index (χ3v) is 4.73. The van der Waals surface area contributed by atoms with E-state index in [4.69, 9.17) is 5.84 Å². The van der Waals surface area contributed by atoms with Gasteiger partial charge in [-0.25, -0.2) is 10.2 Å². The summed E-state index contributed by atoms with van der Waals surface area (Å²) in [5, 5.41) is 3.50. The fraction of sp³-hybridized carbons (Fsp3) is 0.471. The second-order valence-electron chi connectivity index (χ2n) is 6.76. The van der Waals surface area contributed by atoms with Gasteiger partial charge in [-0.15, -0.1) is 0 Å². The average molecular weight is 387 g/mol. The number of halogens is 4. The number of hydrazine groups is 1. The van der Waals surface area contributed by atoms with Gasteiger partial charge in [0.2, 0.25) is 0 Å². The number of nitrogens with one attached hydrogen (secondary N) is 2. The van der Waals surface area contributed by atoms with Gasteiger partial charge in [0, 0.05) is 24.2 Å². The number of fused-ring (bicyclic) bond motifs is 1. The molecule has 4 N–H and O–H groups in total. The summed E-state index contributed by atoms with van der Waals surface area (Å²) in [6, 6.07) is 5.61. The molecule has 2 atom stereocenters. The van der Waals surface area contributed by atoms with Crippen LogP contribution in [0.2, 0.25) is 0 Å². The molecule has 1 amide bonds. The molecule has 10 heteroatoms. The number of hydrogen-bond acceptors (Lipinski definition) is 4. The van der Waals surface area contributed by atoms with Crippen molar-refractivity contribution in [3.05, 3.63) is 30.0 Å². The van der Waals surface area contributed by atoms with Gasteiger partial charge in [-0.1, -0.05) is 6.07 Å². The molecule has 0 saturated carbocycles. The fourth-order valence-corrected chi connectivity index (χ4v) is 3.44. The van der Waals surface area contributed by atoms with Crippen LogP contribution in [0.5, 0.6) is 0 Å². The number of carbonyl (C=O) groups excluding carboxylic acids is 1. The van der Waals surface area contributed by atoms with Gasteiger partial charge < -0.3 is 14.8 Å². The molecule has 0 aliphatic carbocycles. The number of amides is 1. The summed E-state index contributed by atoms with van der Waals surface area (Å²) in [6.45, 7) is -0.337. The van der Waals surface area contributed by atoms with E-state index < -0.39 is 30.8 Å². The molecule has 1 aromatic carbocycles. The Morgan fingerprint density at radius 2 is 2.11 bits per heavy atom. The molecule has 0 spiro atoms. The van der Waals surface area contributed by atoms with Crippen molar-refractivity contribution in [1.29, 1.82) is 0 Å². The van der Waals surface area contributed by atoms with Gasteiger partial charge in [-0.2, -0.15) is 13.2 Å². The molecule has 1 saturated heterocycles. The van der Waals surface area contributed by atoms with Gasteiger partial charge in [0.25, 0.3) is 5.91 Å². The summed E-state index contributed by atoms with van der Waals surface area (Å²) < 4.78 is 54.2. The number of nitrogens with two attached hydrogens (primary N) is 1. The molecule has 2 unspecified atom stereocenters. The average Bonchev–Trinajstić information content (AvgIpc) is 2.94. The lowest BCUT2D eigenvalue weighted by atomic mass is 10.0. The largest absolute Gasteiger partial charge is 0.406 e. The summed E-state index contributed by atoms with van der Waals surface area (Å²) in [5.74, 6) is 4.28. The molecular weight excluding hydrogens is 366 g/mol. The standard InChI is InChI=1S/C17H21F4N5O/c1-25-6-5-13(11(18)8-25)23-12-3-2-4-14-10(12)7-15(16(27)24-22)26(14)9-17(19,20)21/h2-4,7,11,13,23H,5-6,8-9,22H2,1H3,(H,24,27). The molecular formula is C17H21F4N5O. The predicted molar refractivity (Wildman–Crippen MR) is 94.1 cm³/mol. The lowest BCUT2D eigenvalue weighted by Gasteiger charge is -2.33. The maximum atomic E-state index is 14.3. The molecule has 2 aromatic rings. The van der Waals surface area contributed by atoms with E-state index in [2.05, 4.69) is 5.32 Å². The zero-order valence-electron chi connectivity index (χ0n) is 14.7. The van der Waals surface area contributed by atoms with Gasteiger partial charge in [0.15, 0.2) is 0 Å². The molecule has 3 rings (SSSR count). The normalized spacial score (nSPS) is 21.4. The Hall–Kier alpha value is -2.33. The monoisotopic (exact) mass is 387 g/mol. The first-order valence-corrected chi connectivity index (χ1v) is 8.48. The number of hydrogen-bond donors (Lipinski definition) is 3. The van der Waals surface area contributed by atoms with Crippen molar-refractivity contribution in [2.45, 2.75) is 31.4 Å². The van der Waals surface area contributed by atoms with Crippen LogP contribution in [0, 0.1) is 0 Å². The van der Waals surface area contributed by atoms with Crippen LogP contribution in [0.4, 0.5) is 23.2 Å². The Labute approximate surface area is 153 Å². The van der Waals surface area contributed by atoms with E-state index in [-0.39, 0.29) is 17.8 Å². The number of nitrogens with zero attached hydrogens (tertiary/aromatic N) is 2. The third kappa shape index (κ3) is 4.16. The highest BCUT2D eigenvalue weighted by atomic mass is 19.4. The van der Waals surface area contributed by atoms with E-state index in [1.165, 1.54) is 12.1 Å². The zero-order valence-corrected chi connectivity index (χ0v) is 14.7. The molecule has 2 heterocycles. The van der Waals surface area contributed by atoms with E-state index >= 15 is 0 Å². The summed E-state index contributed by atoms with van der Waals surface area (Å²) >= 11 is 0. The molecule has 148 valence electrons. The maximum absolute atomic E-state index is 14.3. The van der Waals surface area contributed by atoms with Crippen LogP contribution < -0.4 is 16.6 Å². The first-order valence-electron chi connectivity index (χ1n) is 8.48. The lowest BCUT2D eigenvalue weighted by molar-refractivity contribution is -0.140. The number of rotatable bonds is 4. The Morgan fingerprint density at radius 3 is 2.74 bits per heavy atom. The summed E-state index contributed by atoms with van der Waals surface area (Å²) in [4.78, 5) is 13.9. The van der Waals surface area contributed by atoms with E-state index in [1.807, 2.05) is 17.4 Å². The Kier molecular flexibility index (Phi) is 5.29. The quantitative estimate of drug-likeness (QED) is 0.326. The molecule has 1 aliphatic rings. The molecule has 1 aliphatic heterocycles. The van der Waals surface area contributed by atoms with Gasteiger partial charge in [-0.3, -0.25) is 10.2 Å². The minimum Gasteiger partial charge on any atom is -0.379 e. The molecule has 0 bridgehead atoms. The van der Waals surface area contributed by atoms with E-state index in [0.29, 0.717) is 24.0 Å². The number of carbonyl (C=O) groups is 1. The van der Waals surface area contributed by atoms with Crippen molar-refractivity contribution in [2.75, 3.05) is 25.5 Å². The van der Waals surface area contributed by atoms with Crippen LogP contribution in [-0.4, -0.2) is 53.9 Å². The number of benzene rings is 1. The highest BCUT2D eigenvalue weighted by Crippen LogP contribution is 2.31. The lowest BCUT2D eigenvalue weighted by Crippen LogP contribution is -2.46. The summed E-state index contributed by atoms with van der Waals surface area (Å²) in [5.41, 5.74) is 2.36. The summed E-state index contributed by atoms with van der Waals surface area (Å²) in [6.07, 6.45) is -5.06. The number of anilines is 1. The topological polar surface area (TPSA) is 75.3 Å². The van der Waals surface area contributed by atoms with Gasteiger partial charge >= 0.3 is 6.18 Å². The first-order chi connectivity index (χ1) is 12.7. The van der Waals surface area contributed by atoms with Crippen LogP contribution >= 0.6 is 0 Å².